The van der Waals surface area contributed by atoms with E-state index < -0.39 is 0 Å². The number of hydrogen-bond donors (Lipinski definition) is 0. The van der Waals surface area contributed by atoms with Gasteiger partial charge in [-0.1, -0.05) is 54.6 Å². The van der Waals surface area contributed by atoms with Crippen LogP contribution in [0.4, 0.5) is 0 Å². The molecule has 6 heteroatoms. The van der Waals surface area contributed by atoms with Gasteiger partial charge in [-0.3, -0.25) is 9.59 Å². The summed E-state index contributed by atoms with van der Waals surface area (Å²) < 4.78 is 11.4. The molecule has 0 saturated carbocycles. The van der Waals surface area contributed by atoms with Crippen molar-refractivity contribution in [2.75, 3.05) is 33.4 Å². The number of rotatable bonds is 7. The number of nitrogens with zero attached hydrogens (tertiary/aromatic N) is 2. The Morgan fingerprint density at radius 1 is 0.972 bits per heavy atom. The number of benzene rings is 3. The lowest BCUT2D eigenvalue weighted by atomic mass is 9.93. The summed E-state index contributed by atoms with van der Waals surface area (Å²) >= 11 is 0. The van der Waals surface area contributed by atoms with Crippen molar-refractivity contribution in [2.24, 2.45) is 5.92 Å². The SMILES string of the molecule is COc1ccccc1CN(CC1CCCO1)C(=O)C1CCN(C(=O)c2cccc3ccccc23)CC1. The number of hydrogen-bond acceptors (Lipinski definition) is 4. The number of fused-ring (bicyclic) bond motifs is 1. The quantitative estimate of drug-likeness (QED) is 0.476. The smallest absolute Gasteiger partial charge is 0.254 e. The molecule has 2 amide bonds. The Kier molecular flexibility index (Phi) is 7.52. The first-order valence-electron chi connectivity index (χ1n) is 12.9. The van der Waals surface area contributed by atoms with Crippen molar-refractivity contribution >= 4 is 22.6 Å². The lowest BCUT2D eigenvalue weighted by Gasteiger charge is -2.35. The number of amides is 2. The van der Waals surface area contributed by atoms with E-state index >= 15 is 0 Å². The number of likely N-dealkylation sites (tertiary alicyclic amines) is 1. The summed E-state index contributed by atoms with van der Waals surface area (Å²) in [4.78, 5) is 30.9. The second-order valence-electron chi connectivity index (χ2n) is 9.76. The van der Waals surface area contributed by atoms with Gasteiger partial charge in [0.1, 0.15) is 5.75 Å². The van der Waals surface area contributed by atoms with Crippen molar-refractivity contribution in [3.63, 3.8) is 0 Å². The number of para-hydroxylation sites is 1. The summed E-state index contributed by atoms with van der Waals surface area (Å²) in [6, 6.07) is 21.7. The van der Waals surface area contributed by atoms with Gasteiger partial charge in [0.05, 0.1) is 13.2 Å². The third kappa shape index (κ3) is 5.24. The minimum Gasteiger partial charge on any atom is -0.496 e. The molecule has 0 spiro atoms. The number of methoxy groups -OCH3 is 1. The summed E-state index contributed by atoms with van der Waals surface area (Å²) in [6.07, 6.45) is 3.44. The molecule has 188 valence electrons. The van der Waals surface area contributed by atoms with Gasteiger partial charge in [-0.15, -0.1) is 0 Å². The highest BCUT2D eigenvalue weighted by atomic mass is 16.5. The Morgan fingerprint density at radius 2 is 1.72 bits per heavy atom. The van der Waals surface area contributed by atoms with E-state index in [1.807, 2.05) is 76.5 Å². The van der Waals surface area contributed by atoms with Gasteiger partial charge < -0.3 is 19.3 Å². The summed E-state index contributed by atoms with van der Waals surface area (Å²) in [5, 5.41) is 2.04. The lowest BCUT2D eigenvalue weighted by molar-refractivity contribution is -0.139. The molecule has 2 aliphatic heterocycles. The van der Waals surface area contributed by atoms with E-state index in [0.29, 0.717) is 39.0 Å². The van der Waals surface area contributed by atoms with Crippen LogP contribution in [-0.2, 0) is 16.1 Å². The van der Waals surface area contributed by atoms with Crippen LogP contribution in [0, 0.1) is 5.92 Å². The molecule has 2 saturated heterocycles. The Morgan fingerprint density at radius 3 is 2.50 bits per heavy atom. The minimum atomic E-state index is -0.0994. The maximum atomic E-state index is 13.7. The highest BCUT2D eigenvalue weighted by molar-refractivity contribution is 6.07. The van der Waals surface area contributed by atoms with E-state index in [9.17, 15) is 9.59 Å². The van der Waals surface area contributed by atoms with Gasteiger partial charge in [-0.05, 0) is 48.6 Å². The van der Waals surface area contributed by atoms with Gasteiger partial charge in [0, 0.05) is 49.8 Å². The first-order chi connectivity index (χ1) is 17.6. The van der Waals surface area contributed by atoms with Gasteiger partial charge in [-0.2, -0.15) is 0 Å². The largest absolute Gasteiger partial charge is 0.496 e. The van der Waals surface area contributed by atoms with Crippen LogP contribution < -0.4 is 4.74 Å². The molecule has 2 fully saturated rings. The summed E-state index contributed by atoms with van der Waals surface area (Å²) in [7, 11) is 1.66. The van der Waals surface area contributed by atoms with Gasteiger partial charge in [0.2, 0.25) is 5.91 Å². The number of ether oxygens (including phenoxy) is 2. The average Bonchev–Trinajstić information content (AvgIpc) is 3.45. The van der Waals surface area contributed by atoms with E-state index in [1.54, 1.807) is 7.11 Å². The van der Waals surface area contributed by atoms with E-state index in [0.717, 1.165) is 47.1 Å². The van der Waals surface area contributed by atoms with Crippen LogP contribution >= 0.6 is 0 Å². The molecule has 6 nitrogen and oxygen atoms in total. The second-order valence-corrected chi connectivity index (χ2v) is 9.76. The number of carbonyl (C=O) groups excluding carboxylic acids is 2. The molecule has 2 heterocycles. The zero-order valence-electron chi connectivity index (χ0n) is 20.9. The topological polar surface area (TPSA) is 59.1 Å². The molecule has 1 unspecified atom stereocenters. The van der Waals surface area contributed by atoms with Gasteiger partial charge in [0.25, 0.3) is 5.91 Å². The van der Waals surface area contributed by atoms with Crippen molar-refractivity contribution < 1.29 is 19.1 Å². The molecular weight excluding hydrogens is 452 g/mol. The molecule has 3 aromatic rings. The maximum absolute atomic E-state index is 13.7. The number of carbonyl (C=O) groups is 2. The highest BCUT2D eigenvalue weighted by Gasteiger charge is 2.33. The van der Waals surface area contributed by atoms with Crippen LogP contribution in [0.5, 0.6) is 5.75 Å². The zero-order chi connectivity index (χ0) is 24.9. The monoisotopic (exact) mass is 486 g/mol. The Labute approximate surface area is 212 Å². The second kappa shape index (κ2) is 11.1. The van der Waals surface area contributed by atoms with E-state index in [1.165, 1.54) is 0 Å². The molecule has 1 atom stereocenters. The van der Waals surface area contributed by atoms with Crippen molar-refractivity contribution in [3.8, 4) is 5.75 Å². The van der Waals surface area contributed by atoms with Crippen molar-refractivity contribution in [2.45, 2.75) is 38.3 Å². The van der Waals surface area contributed by atoms with Crippen LogP contribution in [0.2, 0.25) is 0 Å². The molecular formula is C30H34N2O4. The molecule has 2 aliphatic rings. The normalized spacial score (nSPS) is 18.4. The molecule has 36 heavy (non-hydrogen) atoms. The zero-order valence-corrected chi connectivity index (χ0v) is 20.9. The van der Waals surface area contributed by atoms with E-state index in [2.05, 4.69) is 0 Å². The fourth-order valence-corrected chi connectivity index (χ4v) is 5.48. The van der Waals surface area contributed by atoms with Crippen LogP contribution in [0.25, 0.3) is 10.8 Å². The fraction of sp³-hybridized carbons (Fsp3) is 0.400. The van der Waals surface area contributed by atoms with Crippen molar-refractivity contribution in [1.82, 2.24) is 9.80 Å². The van der Waals surface area contributed by atoms with Gasteiger partial charge >= 0.3 is 0 Å². The first-order valence-corrected chi connectivity index (χ1v) is 12.9. The molecule has 5 rings (SSSR count). The van der Waals surface area contributed by atoms with Crippen LogP contribution in [-0.4, -0.2) is 61.1 Å². The maximum Gasteiger partial charge on any atom is 0.254 e. The highest BCUT2D eigenvalue weighted by Crippen LogP contribution is 2.27. The third-order valence-electron chi connectivity index (χ3n) is 7.46. The molecule has 0 aliphatic carbocycles. The van der Waals surface area contributed by atoms with Crippen molar-refractivity contribution in [3.05, 3.63) is 77.9 Å². The summed E-state index contributed by atoms with van der Waals surface area (Å²) in [6.45, 7) is 3.02. The summed E-state index contributed by atoms with van der Waals surface area (Å²) in [5.74, 6) is 0.882. The minimum absolute atomic E-state index is 0.0444. The number of piperidine rings is 1. The van der Waals surface area contributed by atoms with Crippen LogP contribution in [0.15, 0.2) is 66.7 Å². The Hall–Kier alpha value is -3.38. The van der Waals surface area contributed by atoms with Gasteiger partial charge in [-0.25, -0.2) is 0 Å². The lowest BCUT2D eigenvalue weighted by Crippen LogP contribution is -2.46. The Balaban J connectivity index is 1.27. The average molecular weight is 487 g/mol. The third-order valence-corrected chi connectivity index (χ3v) is 7.46. The molecule has 0 bridgehead atoms. The van der Waals surface area contributed by atoms with Gasteiger partial charge in [0.15, 0.2) is 0 Å². The Bertz CT molecular complexity index is 1210. The molecule has 3 aromatic carbocycles. The van der Waals surface area contributed by atoms with E-state index in [4.69, 9.17) is 9.47 Å². The molecule has 0 N–H and O–H groups in total. The molecule has 0 aromatic heterocycles. The van der Waals surface area contributed by atoms with Crippen LogP contribution in [0.3, 0.4) is 0 Å². The predicted molar refractivity (Wildman–Crippen MR) is 140 cm³/mol. The van der Waals surface area contributed by atoms with Crippen molar-refractivity contribution in [1.29, 1.82) is 0 Å². The van der Waals surface area contributed by atoms with Crippen LogP contribution in [0.1, 0.15) is 41.6 Å². The first kappa shape index (κ1) is 24.3. The standard InChI is InChI=1S/C30H34N2O4/c1-35-28-14-5-3-9-24(28)20-32(21-25-11-7-19-36-25)29(33)23-15-17-31(18-16-23)30(34)27-13-6-10-22-8-2-4-12-26(22)27/h2-6,8-10,12-14,23,25H,7,11,15-21H2,1H3. The molecule has 0 radical (unpaired) electrons. The summed E-state index contributed by atoms with van der Waals surface area (Å²) in [5.41, 5.74) is 1.73. The fourth-order valence-electron chi connectivity index (χ4n) is 5.48. The van der Waals surface area contributed by atoms with E-state index in [-0.39, 0.29) is 23.8 Å². The predicted octanol–water partition coefficient (Wildman–Crippen LogP) is 4.91.